The maximum Gasteiger partial charge on any atom is 0.599 e. The molecule has 14 rings (SSSR count). The van der Waals surface area contributed by atoms with Gasteiger partial charge in [-0.1, -0.05) is 97.8 Å². The van der Waals surface area contributed by atoms with E-state index in [4.69, 9.17) is 33.8 Å². The summed E-state index contributed by atoms with van der Waals surface area (Å²) in [5.41, 5.74) is 6.41. The van der Waals surface area contributed by atoms with E-state index in [9.17, 15) is 0 Å². The fraction of sp³-hybridized carbons (Fsp3) is 0.396. The largest absolute Gasteiger partial charge is 0.599 e. The van der Waals surface area contributed by atoms with Crippen LogP contribution in [0.25, 0.3) is 10.8 Å². The highest BCUT2D eigenvalue weighted by Gasteiger charge is 2.62. The lowest BCUT2D eigenvalue weighted by Crippen LogP contribution is -2.68. The topological polar surface area (TPSA) is 100 Å². The van der Waals surface area contributed by atoms with Crippen molar-refractivity contribution in [3.8, 4) is 0 Å². The fourth-order valence-corrected chi connectivity index (χ4v) is 16.4. The molecule has 0 radical (unpaired) electrons. The Hall–Kier alpha value is -5.23. The van der Waals surface area contributed by atoms with E-state index in [2.05, 4.69) is 99.1 Å². The number of nitrogens with one attached hydrogen (secondary N) is 1. The molecule has 10 nitrogen and oxygen atoms in total. The average molecular weight is 795 g/mol. The van der Waals surface area contributed by atoms with Crippen LogP contribution in [0.5, 0.6) is 0 Å². The van der Waals surface area contributed by atoms with Crippen molar-refractivity contribution in [2.45, 2.75) is 70.4 Å². The van der Waals surface area contributed by atoms with Gasteiger partial charge in [0, 0.05) is 57.4 Å². The molecule has 59 heavy (non-hydrogen) atoms. The van der Waals surface area contributed by atoms with E-state index in [1.807, 2.05) is 0 Å². The van der Waals surface area contributed by atoms with Crippen molar-refractivity contribution in [2.24, 2.45) is 60.5 Å². The van der Waals surface area contributed by atoms with Crippen molar-refractivity contribution in [3.05, 3.63) is 118 Å². The molecule has 0 amide bonds. The summed E-state index contributed by atoms with van der Waals surface area (Å²) in [5, 5.41) is 6.05. The maximum atomic E-state index is 8.04. The Bertz CT molecular complexity index is 2720. The zero-order valence-electron chi connectivity index (χ0n) is 33.1. The van der Waals surface area contributed by atoms with Gasteiger partial charge >= 0.3 is 8.88 Å². The monoisotopic (exact) mass is 794 g/mol. The van der Waals surface area contributed by atoms with Crippen LogP contribution in [-0.2, 0) is 8.85 Å². The van der Waals surface area contributed by atoms with Crippen LogP contribution in [0.4, 0.5) is 11.6 Å². The number of benzene rings is 3. The molecule has 4 aromatic rings. The summed E-state index contributed by atoms with van der Waals surface area (Å²) >= 11 is 0. The number of fused-ring (bicyclic) bond motifs is 17. The second kappa shape index (κ2) is 12.4. The molecule has 0 saturated heterocycles. The molecule has 4 saturated carbocycles. The maximum absolute atomic E-state index is 8.04. The molecule has 5 aliphatic carbocycles. The number of aromatic nitrogens is 1. The molecule has 7 unspecified atom stereocenters. The van der Waals surface area contributed by atoms with Gasteiger partial charge in [0.15, 0.2) is 17.5 Å². The van der Waals surface area contributed by atoms with Gasteiger partial charge in [-0.05, 0) is 86.9 Å². The first-order chi connectivity index (χ1) is 29.2. The molecule has 6 heterocycles. The number of nitrogens with zero attached hydrogens (tertiary/aromatic N) is 7. The molecule has 7 atom stereocenters. The van der Waals surface area contributed by atoms with Gasteiger partial charge in [0.25, 0.3) is 0 Å². The second-order valence-electron chi connectivity index (χ2n) is 18.7. The predicted octanol–water partition coefficient (Wildman–Crippen LogP) is 9.14. The Morgan fingerprint density at radius 1 is 0.644 bits per heavy atom. The van der Waals surface area contributed by atoms with E-state index in [1.54, 1.807) is 0 Å². The third kappa shape index (κ3) is 4.77. The number of hydrogen-bond donors (Lipinski definition) is 1. The smallest absolute Gasteiger partial charge is 0.361 e. The highest BCUT2D eigenvalue weighted by molar-refractivity contribution is 6.68. The van der Waals surface area contributed by atoms with Crippen LogP contribution < -0.4 is 5.32 Å². The summed E-state index contributed by atoms with van der Waals surface area (Å²) in [5.74, 6) is 9.21. The Balaban J connectivity index is 1.10. The third-order valence-electron chi connectivity index (χ3n) is 15.6. The number of allylic oxidation sites excluding steroid dienone is 1. The average Bonchev–Trinajstić information content (AvgIpc) is 4.17. The van der Waals surface area contributed by atoms with Gasteiger partial charge in [-0.25, -0.2) is 25.0 Å². The fourth-order valence-electron chi connectivity index (χ4n) is 12.8. The molecule has 294 valence electrons. The van der Waals surface area contributed by atoms with Gasteiger partial charge in [-0.2, -0.15) is 0 Å². The van der Waals surface area contributed by atoms with Crippen LogP contribution in [0, 0.1) is 35.5 Å². The molecule has 11 heteroatoms. The van der Waals surface area contributed by atoms with E-state index in [0.717, 1.165) is 98.0 Å². The lowest BCUT2D eigenvalue weighted by atomic mass is 9.90. The number of hydrogen-bond acceptors (Lipinski definition) is 9. The Morgan fingerprint density at radius 2 is 1.31 bits per heavy atom. The lowest BCUT2D eigenvalue weighted by molar-refractivity contribution is 0.0621. The van der Waals surface area contributed by atoms with Crippen molar-refractivity contribution < 1.29 is 8.85 Å². The summed E-state index contributed by atoms with van der Waals surface area (Å²) in [6.07, 6.45) is 16.2. The van der Waals surface area contributed by atoms with Crippen molar-refractivity contribution in [1.29, 1.82) is 0 Å². The van der Waals surface area contributed by atoms with Crippen LogP contribution >= 0.6 is 0 Å². The first kappa shape index (κ1) is 33.6. The quantitative estimate of drug-likeness (QED) is 0.197. The first-order valence-electron chi connectivity index (χ1n) is 22.2. The van der Waals surface area contributed by atoms with E-state index >= 15 is 0 Å². The van der Waals surface area contributed by atoms with Crippen LogP contribution in [-0.4, -0.2) is 60.1 Å². The van der Waals surface area contributed by atoms with Crippen molar-refractivity contribution in [1.82, 2.24) is 14.1 Å². The molecule has 1 N–H and O–H groups in total. The second-order valence-corrected chi connectivity index (χ2v) is 21.3. The predicted molar refractivity (Wildman–Crippen MR) is 233 cm³/mol. The normalized spacial score (nSPS) is 32.4. The SMILES string of the molecule is C1=CC2=C(CC1)C1=Nc3c4ccccc4c4n3[Si](OCC3CC5CCC3C5)(OCC3CC5CCC3C5)N3C(=NC2=N1)c1ccccc1C3NC1=NC(=N4)c2ccccc21. The minimum atomic E-state index is -3.99. The van der Waals surface area contributed by atoms with Gasteiger partial charge in [-0.3, -0.25) is 8.80 Å². The Kier molecular flexibility index (Phi) is 7.06. The molecule has 10 aliphatic rings. The van der Waals surface area contributed by atoms with E-state index in [-0.39, 0.29) is 0 Å². The standard InChI is InChI=1S/C48H46N8O2Si/c1-2-10-34-33(9-1)41-49-42(34)52-46-39-15-7-8-16-40(39)48-54-44-36-12-4-3-11-35(36)43(50-44)53-47-38-14-6-5-13-37(38)45(51-41)55(47)59(56(46)48,57-25-31-23-27-17-19-29(31)21-27)58-26-32-24-28-18-20-30(32)22-28/h1-3,5-11,13-16,27-32,45H,4,12,17-26H2,(H,49,51,52). The Morgan fingerprint density at radius 3 is 2.00 bits per heavy atom. The summed E-state index contributed by atoms with van der Waals surface area (Å²) in [4.78, 5) is 27.7. The molecule has 10 bridgehead atoms. The van der Waals surface area contributed by atoms with Crippen molar-refractivity contribution >= 4 is 60.5 Å². The van der Waals surface area contributed by atoms with Gasteiger partial charge in [0.05, 0.1) is 0 Å². The molecular weight excluding hydrogens is 749 g/mol. The van der Waals surface area contributed by atoms with Crippen LogP contribution in [0.15, 0.2) is 121 Å². The van der Waals surface area contributed by atoms with Crippen LogP contribution in [0.2, 0.25) is 0 Å². The van der Waals surface area contributed by atoms with E-state index in [0.29, 0.717) is 48.6 Å². The van der Waals surface area contributed by atoms with Crippen molar-refractivity contribution in [3.63, 3.8) is 0 Å². The van der Waals surface area contributed by atoms with Crippen LogP contribution in [0.1, 0.15) is 92.6 Å². The summed E-state index contributed by atoms with van der Waals surface area (Å²) in [6, 6.07) is 25.8. The van der Waals surface area contributed by atoms with Gasteiger partial charge in [0.2, 0.25) is 0 Å². The minimum absolute atomic E-state index is 0.410. The minimum Gasteiger partial charge on any atom is -0.361 e. The van der Waals surface area contributed by atoms with Crippen molar-refractivity contribution in [2.75, 3.05) is 13.2 Å². The zero-order valence-corrected chi connectivity index (χ0v) is 34.1. The zero-order chi connectivity index (χ0) is 38.4. The van der Waals surface area contributed by atoms with E-state index < -0.39 is 15.0 Å². The molecule has 4 fully saturated rings. The molecule has 1 aromatic heterocycles. The Labute approximate surface area is 344 Å². The molecule has 0 spiro atoms. The highest BCUT2D eigenvalue weighted by atomic mass is 28.4. The summed E-state index contributed by atoms with van der Waals surface area (Å²) in [6.45, 7) is 1.24. The first-order valence-corrected chi connectivity index (χ1v) is 23.9. The van der Waals surface area contributed by atoms with Gasteiger partial charge < -0.3 is 14.2 Å². The molecular formula is C48H46N8O2Si. The van der Waals surface area contributed by atoms with Gasteiger partial charge in [0.1, 0.15) is 29.5 Å². The van der Waals surface area contributed by atoms with Gasteiger partial charge in [-0.15, -0.1) is 0 Å². The highest BCUT2D eigenvalue weighted by Crippen LogP contribution is 2.53. The number of amidine groups is 5. The van der Waals surface area contributed by atoms with E-state index in [1.165, 1.54) is 51.4 Å². The molecule has 3 aromatic carbocycles. The summed E-state index contributed by atoms with van der Waals surface area (Å²) < 4.78 is 20.9. The number of aliphatic imine (C=N–C) groups is 5. The lowest BCUT2D eigenvalue weighted by Gasteiger charge is -2.44. The molecule has 5 aliphatic heterocycles. The summed E-state index contributed by atoms with van der Waals surface area (Å²) in [7, 11) is -3.99. The number of rotatable bonds is 6. The third-order valence-corrected chi connectivity index (χ3v) is 18.7. The van der Waals surface area contributed by atoms with Crippen LogP contribution in [0.3, 0.4) is 0 Å².